The summed E-state index contributed by atoms with van der Waals surface area (Å²) in [6.45, 7) is 3.81. The summed E-state index contributed by atoms with van der Waals surface area (Å²) >= 11 is 0. The van der Waals surface area contributed by atoms with Gasteiger partial charge < -0.3 is 9.94 Å². The van der Waals surface area contributed by atoms with E-state index in [-0.39, 0.29) is 18.3 Å². The highest BCUT2D eigenvalue weighted by Crippen LogP contribution is 2.21. The van der Waals surface area contributed by atoms with Crippen molar-refractivity contribution in [3.8, 4) is 0 Å². The van der Waals surface area contributed by atoms with E-state index in [2.05, 4.69) is 5.16 Å². The van der Waals surface area contributed by atoms with E-state index in [0.717, 1.165) is 5.56 Å². The third-order valence-electron chi connectivity index (χ3n) is 2.54. The average molecular weight is 235 g/mol. The topological polar surface area (TPSA) is 58.9 Å². The molecule has 0 saturated heterocycles. The normalized spacial score (nSPS) is 13.2. The van der Waals surface area contributed by atoms with Crippen molar-refractivity contribution in [2.24, 2.45) is 5.16 Å². The van der Waals surface area contributed by atoms with Crippen molar-refractivity contribution in [2.75, 3.05) is 6.61 Å². The van der Waals surface area contributed by atoms with E-state index in [4.69, 9.17) is 9.94 Å². The smallest absolute Gasteiger partial charge is 0.306 e. The minimum atomic E-state index is -0.288. The lowest BCUT2D eigenvalue weighted by atomic mass is 9.92. The number of carbonyl (C=O) groups excluding carboxylic acids is 1. The zero-order valence-corrected chi connectivity index (χ0v) is 10.1. The third kappa shape index (κ3) is 3.90. The lowest BCUT2D eigenvalue weighted by Gasteiger charge is -2.15. The number of hydrogen-bond acceptors (Lipinski definition) is 4. The lowest BCUT2D eigenvalue weighted by Crippen LogP contribution is -2.16. The molecule has 0 fully saturated rings. The van der Waals surface area contributed by atoms with Gasteiger partial charge in [0.05, 0.1) is 18.7 Å². The van der Waals surface area contributed by atoms with Gasteiger partial charge in [0.25, 0.3) is 0 Å². The summed E-state index contributed by atoms with van der Waals surface area (Å²) in [6.07, 6.45) is 0.188. The molecular weight excluding hydrogens is 218 g/mol. The van der Waals surface area contributed by atoms with Crippen molar-refractivity contribution in [1.29, 1.82) is 0 Å². The highest BCUT2D eigenvalue weighted by atomic mass is 16.5. The number of nitrogens with zero attached hydrogens (tertiary/aromatic N) is 1. The van der Waals surface area contributed by atoms with E-state index in [1.54, 1.807) is 13.8 Å². The molecule has 0 bridgehead atoms. The maximum atomic E-state index is 11.5. The lowest BCUT2D eigenvalue weighted by molar-refractivity contribution is -0.143. The van der Waals surface area contributed by atoms with Gasteiger partial charge in [0, 0.05) is 5.92 Å². The van der Waals surface area contributed by atoms with Crippen LogP contribution in [0.25, 0.3) is 0 Å². The zero-order chi connectivity index (χ0) is 12.7. The van der Waals surface area contributed by atoms with E-state index in [0.29, 0.717) is 12.3 Å². The second-order valence-electron chi connectivity index (χ2n) is 3.71. The summed E-state index contributed by atoms with van der Waals surface area (Å²) < 4.78 is 4.91. The molecule has 1 atom stereocenters. The second-order valence-corrected chi connectivity index (χ2v) is 3.71. The first-order valence-electron chi connectivity index (χ1n) is 5.58. The number of esters is 1. The Morgan fingerprint density at radius 3 is 2.59 bits per heavy atom. The molecule has 1 aromatic rings. The molecule has 1 rings (SSSR count). The molecule has 0 amide bonds. The summed E-state index contributed by atoms with van der Waals surface area (Å²) in [6, 6.07) is 9.48. The van der Waals surface area contributed by atoms with Crippen LogP contribution in [0.15, 0.2) is 35.5 Å². The highest BCUT2D eigenvalue weighted by Gasteiger charge is 2.20. The van der Waals surface area contributed by atoms with Crippen molar-refractivity contribution in [1.82, 2.24) is 0 Å². The Morgan fingerprint density at radius 1 is 1.41 bits per heavy atom. The molecule has 0 aliphatic carbocycles. The highest BCUT2D eigenvalue weighted by molar-refractivity contribution is 5.91. The SMILES string of the molecule is CCOC(=O)C[C@@H](/C(C)=N\O)c1ccccc1. The maximum Gasteiger partial charge on any atom is 0.306 e. The van der Waals surface area contributed by atoms with Crippen LogP contribution in [0.5, 0.6) is 0 Å². The molecule has 0 spiro atoms. The number of rotatable bonds is 5. The summed E-state index contributed by atoms with van der Waals surface area (Å²) in [7, 11) is 0. The van der Waals surface area contributed by atoms with Crippen molar-refractivity contribution in [2.45, 2.75) is 26.2 Å². The minimum Gasteiger partial charge on any atom is -0.466 e. The van der Waals surface area contributed by atoms with Crippen LogP contribution in [0, 0.1) is 0 Å². The standard InChI is InChI=1S/C13H17NO3/c1-3-17-13(15)9-12(10(2)14-16)11-7-5-4-6-8-11/h4-8,12,16H,3,9H2,1-2H3/b14-10-/t12-/m0/s1. The quantitative estimate of drug-likeness (QED) is 0.369. The van der Waals surface area contributed by atoms with Gasteiger partial charge in [-0.1, -0.05) is 35.5 Å². The molecular formula is C13H17NO3. The molecule has 0 heterocycles. The van der Waals surface area contributed by atoms with Gasteiger partial charge in [-0.3, -0.25) is 4.79 Å². The van der Waals surface area contributed by atoms with Crippen LogP contribution in [0.4, 0.5) is 0 Å². The first-order valence-corrected chi connectivity index (χ1v) is 5.58. The van der Waals surface area contributed by atoms with Gasteiger partial charge in [0.15, 0.2) is 0 Å². The predicted octanol–water partition coefficient (Wildman–Crippen LogP) is 2.57. The number of oxime groups is 1. The van der Waals surface area contributed by atoms with E-state index in [1.165, 1.54) is 0 Å². The molecule has 0 aliphatic rings. The van der Waals surface area contributed by atoms with Crippen LogP contribution in [-0.4, -0.2) is 23.5 Å². The first-order chi connectivity index (χ1) is 8.19. The fourth-order valence-corrected chi connectivity index (χ4v) is 1.65. The Balaban J connectivity index is 2.86. The molecule has 0 unspecified atom stereocenters. The fraction of sp³-hybridized carbons (Fsp3) is 0.385. The van der Waals surface area contributed by atoms with Gasteiger partial charge in [-0.05, 0) is 19.4 Å². The summed E-state index contributed by atoms with van der Waals surface area (Å²) in [5, 5.41) is 12.0. The molecule has 0 radical (unpaired) electrons. The van der Waals surface area contributed by atoms with E-state index < -0.39 is 0 Å². The summed E-state index contributed by atoms with van der Waals surface area (Å²) in [4.78, 5) is 11.5. The minimum absolute atomic E-state index is 0.188. The molecule has 17 heavy (non-hydrogen) atoms. The Labute approximate surface area is 101 Å². The molecule has 4 heteroatoms. The Kier molecular flexibility index (Phi) is 5.20. The fourth-order valence-electron chi connectivity index (χ4n) is 1.65. The van der Waals surface area contributed by atoms with Gasteiger partial charge in [-0.15, -0.1) is 0 Å². The van der Waals surface area contributed by atoms with Gasteiger partial charge in [0.1, 0.15) is 0 Å². The number of ether oxygens (including phenoxy) is 1. The van der Waals surface area contributed by atoms with Gasteiger partial charge in [-0.25, -0.2) is 0 Å². The third-order valence-corrected chi connectivity index (χ3v) is 2.54. The Hall–Kier alpha value is -1.84. The molecule has 0 saturated carbocycles. The van der Waals surface area contributed by atoms with Gasteiger partial charge >= 0.3 is 5.97 Å². The number of carbonyl (C=O) groups is 1. The summed E-state index contributed by atoms with van der Waals surface area (Å²) in [5.74, 6) is -0.524. The van der Waals surface area contributed by atoms with Crippen LogP contribution < -0.4 is 0 Å². The first kappa shape index (κ1) is 13.2. The average Bonchev–Trinajstić information content (AvgIpc) is 2.36. The van der Waals surface area contributed by atoms with Gasteiger partial charge in [-0.2, -0.15) is 0 Å². The molecule has 4 nitrogen and oxygen atoms in total. The van der Waals surface area contributed by atoms with E-state index in [9.17, 15) is 4.79 Å². The largest absolute Gasteiger partial charge is 0.466 e. The second kappa shape index (κ2) is 6.68. The van der Waals surface area contributed by atoms with Crippen molar-refractivity contribution < 1.29 is 14.7 Å². The van der Waals surface area contributed by atoms with Crippen molar-refractivity contribution in [3.05, 3.63) is 35.9 Å². The maximum absolute atomic E-state index is 11.5. The van der Waals surface area contributed by atoms with Gasteiger partial charge in [0.2, 0.25) is 0 Å². The summed E-state index contributed by atoms with van der Waals surface area (Å²) in [5.41, 5.74) is 1.44. The molecule has 0 aliphatic heterocycles. The predicted molar refractivity (Wildman–Crippen MR) is 65.3 cm³/mol. The van der Waals surface area contributed by atoms with E-state index in [1.807, 2.05) is 30.3 Å². The number of hydrogen-bond donors (Lipinski definition) is 1. The van der Waals surface area contributed by atoms with Crippen molar-refractivity contribution >= 4 is 11.7 Å². The zero-order valence-electron chi connectivity index (χ0n) is 10.1. The van der Waals surface area contributed by atoms with Crippen LogP contribution in [-0.2, 0) is 9.53 Å². The molecule has 1 aromatic carbocycles. The van der Waals surface area contributed by atoms with Crippen LogP contribution >= 0.6 is 0 Å². The van der Waals surface area contributed by atoms with Crippen LogP contribution in [0.2, 0.25) is 0 Å². The van der Waals surface area contributed by atoms with E-state index >= 15 is 0 Å². The molecule has 0 aromatic heterocycles. The van der Waals surface area contributed by atoms with Crippen LogP contribution in [0.3, 0.4) is 0 Å². The van der Waals surface area contributed by atoms with Crippen molar-refractivity contribution in [3.63, 3.8) is 0 Å². The number of benzene rings is 1. The van der Waals surface area contributed by atoms with Crippen LogP contribution in [0.1, 0.15) is 31.7 Å². The Bertz CT molecular complexity index is 387. The Morgan fingerprint density at radius 2 is 2.06 bits per heavy atom. The molecule has 1 N–H and O–H groups in total. The monoisotopic (exact) mass is 235 g/mol. The molecule has 92 valence electrons.